The second kappa shape index (κ2) is 5.45. The zero-order chi connectivity index (χ0) is 11.3. The highest BCUT2D eigenvalue weighted by molar-refractivity contribution is 8.03. The molecule has 0 unspecified atom stereocenters. The Kier molecular flexibility index (Phi) is 4.52. The number of nitrogens with zero attached hydrogens (tertiary/aromatic N) is 2. The Morgan fingerprint density at radius 1 is 1.20 bits per heavy atom. The number of nitrogen functional groups attached to an aromatic ring is 1. The van der Waals surface area contributed by atoms with E-state index in [2.05, 4.69) is 9.97 Å². The van der Waals surface area contributed by atoms with Crippen LogP contribution in [-0.2, 0) is 0 Å². The molecular weight excluding hydrogens is 247 g/mol. The van der Waals surface area contributed by atoms with Crippen LogP contribution in [0.15, 0.2) is 17.4 Å². The lowest BCUT2D eigenvalue weighted by Crippen LogP contribution is -2.03. The molecule has 0 amide bonds. The van der Waals surface area contributed by atoms with Crippen LogP contribution in [0.5, 0.6) is 0 Å². The van der Waals surface area contributed by atoms with Crippen molar-refractivity contribution < 1.29 is 13.2 Å². The SMILES string of the molecule is Nc1nccnc1SCCSC(F)(F)F. The summed E-state index contributed by atoms with van der Waals surface area (Å²) >= 11 is 1.12. The van der Waals surface area contributed by atoms with Gasteiger partial charge in [0.15, 0.2) is 5.82 Å². The van der Waals surface area contributed by atoms with Crippen molar-refractivity contribution in [1.82, 2.24) is 9.97 Å². The molecule has 0 bridgehead atoms. The van der Waals surface area contributed by atoms with E-state index < -0.39 is 5.51 Å². The van der Waals surface area contributed by atoms with Crippen LogP contribution in [0.3, 0.4) is 0 Å². The average Bonchev–Trinajstić information content (AvgIpc) is 2.13. The third kappa shape index (κ3) is 5.12. The molecule has 84 valence electrons. The molecule has 1 aromatic heterocycles. The summed E-state index contributed by atoms with van der Waals surface area (Å²) in [6.07, 6.45) is 2.89. The molecule has 1 aromatic rings. The Balaban J connectivity index is 2.30. The minimum atomic E-state index is -4.17. The predicted octanol–water partition coefficient (Wildman–Crippen LogP) is 2.40. The summed E-state index contributed by atoms with van der Waals surface area (Å²) in [5, 5.41) is 0.472. The Bertz CT molecular complexity index is 319. The Morgan fingerprint density at radius 2 is 1.87 bits per heavy atom. The maximum atomic E-state index is 11.8. The first-order chi connectivity index (χ1) is 6.99. The number of hydrogen-bond acceptors (Lipinski definition) is 5. The lowest BCUT2D eigenvalue weighted by atomic mass is 10.7. The lowest BCUT2D eigenvalue weighted by molar-refractivity contribution is -0.0326. The zero-order valence-corrected chi connectivity index (χ0v) is 9.12. The second-order valence-corrected chi connectivity index (χ2v) is 4.63. The highest BCUT2D eigenvalue weighted by Crippen LogP contribution is 2.31. The molecule has 1 rings (SSSR count). The third-order valence-corrected chi connectivity index (χ3v) is 3.27. The first-order valence-electron chi connectivity index (χ1n) is 3.89. The fourth-order valence-corrected chi connectivity index (χ4v) is 2.17. The number of rotatable bonds is 4. The summed E-state index contributed by atoms with van der Waals surface area (Å²) in [4.78, 5) is 7.67. The largest absolute Gasteiger partial charge is 0.441 e. The van der Waals surface area contributed by atoms with Crippen LogP contribution in [0.4, 0.5) is 19.0 Å². The molecule has 0 atom stereocenters. The van der Waals surface area contributed by atoms with Gasteiger partial charge in [0.05, 0.1) is 0 Å². The highest BCUT2D eigenvalue weighted by Gasteiger charge is 2.27. The molecule has 0 spiro atoms. The van der Waals surface area contributed by atoms with Gasteiger partial charge in [-0.2, -0.15) is 13.2 Å². The summed E-state index contributed by atoms with van der Waals surface area (Å²) in [6, 6.07) is 0. The molecule has 0 saturated carbocycles. The summed E-state index contributed by atoms with van der Waals surface area (Å²) in [5.41, 5.74) is 1.29. The minimum absolute atomic E-state index is 0.0236. The van der Waals surface area contributed by atoms with E-state index in [1.807, 2.05) is 0 Å². The van der Waals surface area contributed by atoms with Gasteiger partial charge in [0, 0.05) is 23.9 Å². The molecular formula is C7H8F3N3S2. The Labute approximate surface area is 93.0 Å². The zero-order valence-electron chi connectivity index (χ0n) is 7.49. The van der Waals surface area contributed by atoms with E-state index in [4.69, 9.17) is 5.73 Å². The van der Waals surface area contributed by atoms with E-state index in [0.717, 1.165) is 0 Å². The first kappa shape index (κ1) is 12.4. The van der Waals surface area contributed by atoms with Gasteiger partial charge in [-0.15, -0.1) is 11.8 Å². The Hall–Kier alpha value is -0.630. The standard InChI is InChI=1S/C7H8F3N3S2/c8-7(9,10)15-4-3-14-6-5(11)12-1-2-13-6/h1-2H,3-4H2,(H2,11,12). The van der Waals surface area contributed by atoms with Crippen LogP contribution in [0.25, 0.3) is 0 Å². The molecule has 0 aliphatic carbocycles. The van der Waals surface area contributed by atoms with E-state index in [1.54, 1.807) is 0 Å². The van der Waals surface area contributed by atoms with Crippen molar-refractivity contribution >= 4 is 29.3 Å². The first-order valence-corrected chi connectivity index (χ1v) is 5.86. The van der Waals surface area contributed by atoms with E-state index >= 15 is 0 Å². The summed E-state index contributed by atoms with van der Waals surface area (Å²) in [6.45, 7) is 0. The van der Waals surface area contributed by atoms with E-state index in [0.29, 0.717) is 10.8 Å². The summed E-state index contributed by atoms with van der Waals surface area (Å²) < 4.78 is 35.3. The second-order valence-electron chi connectivity index (χ2n) is 2.39. The van der Waals surface area contributed by atoms with Gasteiger partial charge < -0.3 is 5.73 Å². The number of hydrogen-bond donors (Lipinski definition) is 1. The van der Waals surface area contributed by atoms with Crippen molar-refractivity contribution in [3.63, 3.8) is 0 Å². The number of alkyl halides is 3. The maximum Gasteiger partial charge on any atom is 0.441 e. The number of thioether (sulfide) groups is 2. The van der Waals surface area contributed by atoms with Crippen molar-refractivity contribution in [1.29, 1.82) is 0 Å². The molecule has 0 saturated heterocycles. The van der Waals surface area contributed by atoms with Crippen LogP contribution >= 0.6 is 23.5 Å². The molecule has 3 nitrogen and oxygen atoms in total. The molecule has 0 fully saturated rings. The fourth-order valence-electron chi connectivity index (χ4n) is 0.743. The maximum absolute atomic E-state index is 11.8. The van der Waals surface area contributed by atoms with Crippen LogP contribution in [-0.4, -0.2) is 27.0 Å². The molecule has 15 heavy (non-hydrogen) atoms. The van der Waals surface area contributed by atoms with Crippen molar-refractivity contribution in [2.45, 2.75) is 10.5 Å². The van der Waals surface area contributed by atoms with Crippen molar-refractivity contribution in [3.05, 3.63) is 12.4 Å². The van der Waals surface area contributed by atoms with Crippen molar-refractivity contribution in [3.8, 4) is 0 Å². The molecule has 2 N–H and O–H groups in total. The van der Waals surface area contributed by atoms with E-state index in [9.17, 15) is 13.2 Å². The number of anilines is 1. The van der Waals surface area contributed by atoms with Crippen LogP contribution in [0, 0.1) is 0 Å². The van der Waals surface area contributed by atoms with Gasteiger partial charge in [-0.1, -0.05) is 11.8 Å². The minimum Gasteiger partial charge on any atom is -0.381 e. The van der Waals surface area contributed by atoms with Gasteiger partial charge in [-0.05, 0) is 0 Å². The van der Waals surface area contributed by atoms with Crippen LogP contribution in [0.1, 0.15) is 0 Å². The Morgan fingerprint density at radius 3 is 2.47 bits per heavy atom. The average molecular weight is 255 g/mol. The fraction of sp³-hybridized carbons (Fsp3) is 0.429. The van der Waals surface area contributed by atoms with Crippen molar-refractivity contribution in [2.24, 2.45) is 0 Å². The molecule has 0 aliphatic rings. The smallest absolute Gasteiger partial charge is 0.381 e. The molecule has 1 heterocycles. The predicted molar refractivity (Wildman–Crippen MR) is 55.7 cm³/mol. The van der Waals surface area contributed by atoms with Gasteiger partial charge in [0.2, 0.25) is 0 Å². The van der Waals surface area contributed by atoms with Gasteiger partial charge >= 0.3 is 5.51 Å². The third-order valence-electron chi connectivity index (χ3n) is 1.28. The lowest BCUT2D eigenvalue weighted by Gasteiger charge is -2.05. The molecule has 0 radical (unpaired) electrons. The van der Waals surface area contributed by atoms with Gasteiger partial charge in [0.25, 0.3) is 0 Å². The number of nitrogens with two attached hydrogens (primary N) is 1. The van der Waals surface area contributed by atoms with E-state index in [1.165, 1.54) is 24.2 Å². The van der Waals surface area contributed by atoms with Gasteiger partial charge in [0.1, 0.15) is 5.03 Å². The quantitative estimate of drug-likeness (QED) is 0.661. The number of halogens is 3. The van der Waals surface area contributed by atoms with Crippen LogP contribution < -0.4 is 5.73 Å². The topological polar surface area (TPSA) is 51.8 Å². The number of aromatic nitrogens is 2. The summed E-state index contributed by atoms with van der Waals surface area (Å²) in [7, 11) is 0. The van der Waals surface area contributed by atoms with Crippen LogP contribution in [0.2, 0.25) is 0 Å². The summed E-state index contributed by atoms with van der Waals surface area (Å²) in [5.74, 6) is 0.525. The van der Waals surface area contributed by atoms with Crippen molar-refractivity contribution in [2.75, 3.05) is 17.2 Å². The van der Waals surface area contributed by atoms with Gasteiger partial charge in [-0.3, -0.25) is 0 Å². The molecule has 0 aromatic carbocycles. The monoisotopic (exact) mass is 255 g/mol. The molecule has 8 heteroatoms. The normalized spacial score (nSPS) is 11.7. The highest BCUT2D eigenvalue weighted by atomic mass is 32.2. The van der Waals surface area contributed by atoms with E-state index in [-0.39, 0.29) is 23.3 Å². The van der Waals surface area contributed by atoms with Gasteiger partial charge in [-0.25, -0.2) is 9.97 Å². The molecule has 0 aliphatic heterocycles.